The Balaban J connectivity index is 1.77. The molecule has 1 aromatic rings. The lowest BCUT2D eigenvalue weighted by molar-refractivity contribution is 0.233. The summed E-state index contributed by atoms with van der Waals surface area (Å²) in [5, 5.41) is 4.24. The van der Waals surface area contributed by atoms with Gasteiger partial charge in [0.2, 0.25) is 0 Å². The lowest BCUT2D eigenvalue weighted by Crippen LogP contribution is -2.40. The van der Waals surface area contributed by atoms with Gasteiger partial charge in [0.15, 0.2) is 0 Å². The Labute approximate surface area is 102 Å². The molecule has 0 aliphatic carbocycles. The van der Waals surface area contributed by atoms with Gasteiger partial charge in [0, 0.05) is 18.8 Å². The molecule has 16 heavy (non-hydrogen) atoms. The Morgan fingerprint density at radius 1 is 1.44 bits per heavy atom. The van der Waals surface area contributed by atoms with Gasteiger partial charge in [-0.15, -0.1) is 0 Å². The zero-order valence-corrected chi connectivity index (χ0v) is 10.4. The highest BCUT2D eigenvalue weighted by molar-refractivity contribution is 6.30. The fourth-order valence-electron chi connectivity index (χ4n) is 1.97. The Hall–Kier alpha value is -0.640. The van der Waals surface area contributed by atoms with Crippen LogP contribution < -0.4 is 5.32 Å². The number of nitrogens with zero attached hydrogens (tertiary/aromatic N) is 2. The van der Waals surface area contributed by atoms with E-state index in [0.717, 1.165) is 12.2 Å². The van der Waals surface area contributed by atoms with E-state index in [9.17, 15) is 0 Å². The van der Waals surface area contributed by atoms with Crippen LogP contribution in [-0.2, 0) is 6.54 Å². The highest BCUT2D eigenvalue weighted by Gasteiger charge is 2.15. The number of likely N-dealkylation sites (tertiary alicyclic amines) is 1. The minimum absolute atomic E-state index is 0.633. The van der Waals surface area contributed by atoms with Gasteiger partial charge in [-0.25, -0.2) is 0 Å². The van der Waals surface area contributed by atoms with E-state index in [1.807, 2.05) is 12.1 Å². The number of pyridine rings is 1. The van der Waals surface area contributed by atoms with Crippen LogP contribution in [0.25, 0.3) is 0 Å². The summed E-state index contributed by atoms with van der Waals surface area (Å²) in [5.74, 6) is 0. The number of aromatic nitrogens is 1. The predicted molar refractivity (Wildman–Crippen MR) is 66.6 cm³/mol. The van der Waals surface area contributed by atoms with Crippen molar-refractivity contribution in [2.24, 2.45) is 0 Å². The molecule has 0 saturated carbocycles. The summed E-state index contributed by atoms with van der Waals surface area (Å²) < 4.78 is 0. The number of piperidine rings is 1. The summed E-state index contributed by atoms with van der Waals surface area (Å²) in [4.78, 5) is 6.65. The molecule has 0 amide bonds. The van der Waals surface area contributed by atoms with Crippen LogP contribution in [-0.4, -0.2) is 36.1 Å². The third-order valence-electron chi connectivity index (χ3n) is 3.08. The van der Waals surface area contributed by atoms with Crippen LogP contribution in [0, 0.1) is 0 Å². The molecule has 3 nitrogen and oxygen atoms in total. The molecular weight excluding hydrogens is 222 g/mol. The molecule has 1 aliphatic rings. The molecule has 0 radical (unpaired) electrons. The van der Waals surface area contributed by atoms with E-state index in [0.29, 0.717) is 11.1 Å². The van der Waals surface area contributed by atoms with E-state index < -0.39 is 0 Å². The van der Waals surface area contributed by atoms with Crippen LogP contribution in [0.15, 0.2) is 18.3 Å². The molecule has 1 fully saturated rings. The largest absolute Gasteiger partial charge is 0.308 e. The number of hydrogen-bond acceptors (Lipinski definition) is 3. The van der Waals surface area contributed by atoms with Crippen molar-refractivity contribution in [1.82, 2.24) is 15.2 Å². The summed E-state index contributed by atoms with van der Waals surface area (Å²) in [6.45, 7) is 3.21. The van der Waals surface area contributed by atoms with E-state index >= 15 is 0 Å². The van der Waals surface area contributed by atoms with Crippen LogP contribution in [0.4, 0.5) is 0 Å². The molecule has 1 aliphatic heterocycles. The van der Waals surface area contributed by atoms with Gasteiger partial charge in [0.25, 0.3) is 0 Å². The molecule has 0 unspecified atom stereocenters. The van der Waals surface area contributed by atoms with Crippen molar-refractivity contribution in [3.05, 3.63) is 29.0 Å². The van der Waals surface area contributed by atoms with Crippen molar-refractivity contribution < 1.29 is 0 Å². The van der Waals surface area contributed by atoms with E-state index in [1.165, 1.54) is 25.9 Å². The van der Waals surface area contributed by atoms with Crippen molar-refractivity contribution in [1.29, 1.82) is 0 Å². The Morgan fingerprint density at radius 3 is 2.81 bits per heavy atom. The molecule has 1 N–H and O–H groups in total. The average Bonchev–Trinajstić information content (AvgIpc) is 2.30. The van der Waals surface area contributed by atoms with Crippen LogP contribution in [0.1, 0.15) is 18.5 Å². The normalized spacial score (nSPS) is 18.9. The summed E-state index contributed by atoms with van der Waals surface area (Å²) in [6.07, 6.45) is 4.15. The second kappa shape index (κ2) is 5.62. The molecule has 4 heteroatoms. The minimum atomic E-state index is 0.633. The van der Waals surface area contributed by atoms with Crippen LogP contribution in [0.5, 0.6) is 0 Å². The molecule has 0 atom stereocenters. The van der Waals surface area contributed by atoms with E-state index in [-0.39, 0.29) is 0 Å². The van der Waals surface area contributed by atoms with Crippen molar-refractivity contribution in [3.63, 3.8) is 0 Å². The summed E-state index contributed by atoms with van der Waals surface area (Å²) in [7, 11) is 2.18. The zero-order valence-electron chi connectivity index (χ0n) is 9.62. The standard InChI is InChI=1S/C12H18ClN3/c1-16-6-4-11(5-7-16)15-9-12-3-2-10(13)8-14-12/h2-3,8,11,15H,4-7,9H2,1H3. The predicted octanol–water partition coefficient (Wildman–Crippen LogP) is 1.92. The fraction of sp³-hybridized carbons (Fsp3) is 0.583. The first-order valence-electron chi connectivity index (χ1n) is 5.76. The van der Waals surface area contributed by atoms with Crippen LogP contribution >= 0.6 is 11.6 Å². The number of halogens is 1. The second-order valence-electron chi connectivity index (χ2n) is 4.43. The van der Waals surface area contributed by atoms with Gasteiger partial charge in [0.05, 0.1) is 10.7 Å². The third kappa shape index (κ3) is 3.44. The minimum Gasteiger partial charge on any atom is -0.308 e. The monoisotopic (exact) mass is 239 g/mol. The van der Waals surface area contributed by atoms with E-state index in [1.54, 1.807) is 6.20 Å². The molecule has 2 heterocycles. The molecule has 1 aromatic heterocycles. The molecule has 2 rings (SSSR count). The van der Waals surface area contributed by atoms with E-state index in [2.05, 4.69) is 22.2 Å². The summed E-state index contributed by atoms with van der Waals surface area (Å²) in [5.41, 5.74) is 1.06. The molecule has 0 aromatic carbocycles. The smallest absolute Gasteiger partial charge is 0.0589 e. The van der Waals surface area contributed by atoms with Crippen LogP contribution in [0.2, 0.25) is 5.02 Å². The molecule has 0 spiro atoms. The average molecular weight is 240 g/mol. The molecule has 88 valence electrons. The maximum atomic E-state index is 5.79. The van der Waals surface area contributed by atoms with Gasteiger partial charge in [-0.05, 0) is 45.1 Å². The van der Waals surface area contributed by atoms with Crippen molar-refractivity contribution in [2.75, 3.05) is 20.1 Å². The highest BCUT2D eigenvalue weighted by Crippen LogP contribution is 2.10. The second-order valence-corrected chi connectivity index (χ2v) is 4.86. The SMILES string of the molecule is CN1CCC(NCc2ccc(Cl)cn2)CC1. The van der Waals surface area contributed by atoms with Crippen molar-refractivity contribution in [2.45, 2.75) is 25.4 Å². The summed E-state index contributed by atoms with van der Waals surface area (Å²) >= 11 is 5.79. The molecule has 0 bridgehead atoms. The quantitative estimate of drug-likeness (QED) is 0.874. The Kier molecular flexibility index (Phi) is 4.16. The Morgan fingerprint density at radius 2 is 2.19 bits per heavy atom. The van der Waals surface area contributed by atoms with Gasteiger partial charge >= 0.3 is 0 Å². The lowest BCUT2D eigenvalue weighted by Gasteiger charge is -2.29. The number of hydrogen-bond donors (Lipinski definition) is 1. The van der Waals surface area contributed by atoms with Gasteiger partial charge in [-0.2, -0.15) is 0 Å². The summed E-state index contributed by atoms with van der Waals surface area (Å²) in [6, 6.07) is 4.50. The zero-order chi connectivity index (χ0) is 11.4. The first-order chi connectivity index (χ1) is 7.74. The maximum Gasteiger partial charge on any atom is 0.0589 e. The lowest BCUT2D eigenvalue weighted by atomic mass is 10.1. The van der Waals surface area contributed by atoms with Gasteiger partial charge in [-0.1, -0.05) is 11.6 Å². The first kappa shape index (κ1) is 11.8. The molecular formula is C12H18ClN3. The van der Waals surface area contributed by atoms with Gasteiger partial charge in [0.1, 0.15) is 0 Å². The highest BCUT2D eigenvalue weighted by atomic mass is 35.5. The third-order valence-corrected chi connectivity index (χ3v) is 3.30. The topological polar surface area (TPSA) is 28.2 Å². The van der Waals surface area contributed by atoms with Crippen molar-refractivity contribution in [3.8, 4) is 0 Å². The fourth-order valence-corrected chi connectivity index (χ4v) is 2.08. The van der Waals surface area contributed by atoms with Crippen LogP contribution in [0.3, 0.4) is 0 Å². The van der Waals surface area contributed by atoms with Gasteiger partial charge in [-0.3, -0.25) is 4.98 Å². The maximum absolute atomic E-state index is 5.79. The first-order valence-corrected chi connectivity index (χ1v) is 6.14. The van der Waals surface area contributed by atoms with E-state index in [4.69, 9.17) is 11.6 Å². The Bertz CT molecular complexity index is 318. The number of rotatable bonds is 3. The number of nitrogens with one attached hydrogen (secondary N) is 1. The van der Waals surface area contributed by atoms with Gasteiger partial charge < -0.3 is 10.2 Å². The van der Waals surface area contributed by atoms with Crippen molar-refractivity contribution >= 4 is 11.6 Å². The molecule has 1 saturated heterocycles.